The van der Waals surface area contributed by atoms with Crippen LogP contribution in [0.5, 0.6) is 5.88 Å². The monoisotopic (exact) mass is 407 g/mol. The number of fused-ring (bicyclic) bond motifs is 4. The molecule has 2 bridgehead atoms. The Bertz CT molecular complexity index is 1040. The van der Waals surface area contributed by atoms with Crippen molar-refractivity contribution >= 4 is 11.9 Å². The average Bonchev–Trinajstić information content (AvgIpc) is 3.30. The van der Waals surface area contributed by atoms with Crippen LogP contribution in [0.1, 0.15) is 31.0 Å². The number of carbonyl (C=O) groups is 1. The van der Waals surface area contributed by atoms with Gasteiger partial charge >= 0.3 is 0 Å². The second kappa shape index (κ2) is 7.59. The van der Waals surface area contributed by atoms with Gasteiger partial charge in [-0.1, -0.05) is 18.2 Å². The summed E-state index contributed by atoms with van der Waals surface area (Å²) in [6, 6.07) is 6.58. The second-order valence-electron chi connectivity index (χ2n) is 8.04. The third-order valence-electron chi connectivity index (χ3n) is 6.22. The number of nitrogens with zero attached hydrogens (tertiary/aromatic N) is 5. The zero-order valence-electron chi connectivity index (χ0n) is 17.0. The van der Waals surface area contributed by atoms with E-state index in [0.29, 0.717) is 44.6 Å². The van der Waals surface area contributed by atoms with Crippen LogP contribution in [0.15, 0.2) is 47.4 Å². The third kappa shape index (κ3) is 3.16. The number of anilines is 1. The summed E-state index contributed by atoms with van der Waals surface area (Å²) in [5.74, 6) is 1.34. The van der Waals surface area contributed by atoms with Crippen LogP contribution in [0.2, 0.25) is 0 Å². The predicted molar refractivity (Wildman–Crippen MR) is 112 cm³/mol. The minimum absolute atomic E-state index is 0.0174. The van der Waals surface area contributed by atoms with Crippen molar-refractivity contribution in [1.82, 2.24) is 19.4 Å². The highest BCUT2D eigenvalue weighted by molar-refractivity contribution is 5.82. The maximum atomic E-state index is 13.5. The van der Waals surface area contributed by atoms with Gasteiger partial charge in [0.15, 0.2) is 0 Å². The third-order valence-corrected chi connectivity index (χ3v) is 6.22. The van der Waals surface area contributed by atoms with E-state index in [-0.39, 0.29) is 23.3 Å². The van der Waals surface area contributed by atoms with Gasteiger partial charge < -0.3 is 14.5 Å². The van der Waals surface area contributed by atoms with Crippen molar-refractivity contribution < 1.29 is 9.53 Å². The SMILES string of the molecule is CCOc1ccnc(N2C[C@@H]3C[C@H](C2)[C@H](C(=O)N2CC=CC2)n2c3cccc2=O)n1. The maximum absolute atomic E-state index is 13.5. The van der Waals surface area contributed by atoms with Gasteiger partial charge in [-0.3, -0.25) is 14.2 Å². The number of ether oxygens (including phenoxy) is 1. The Morgan fingerprint density at radius 3 is 2.83 bits per heavy atom. The second-order valence-corrected chi connectivity index (χ2v) is 8.04. The maximum Gasteiger partial charge on any atom is 0.251 e. The summed E-state index contributed by atoms with van der Waals surface area (Å²) in [6.07, 6.45) is 6.58. The zero-order valence-corrected chi connectivity index (χ0v) is 17.0. The van der Waals surface area contributed by atoms with Gasteiger partial charge in [-0.2, -0.15) is 4.98 Å². The highest BCUT2D eigenvalue weighted by Gasteiger charge is 2.45. The van der Waals surface area contributed by atoms with Gasteiger partial charge in [-0.15, -0.1) is 0 Å². The molecule has 0 N–H and O–H groups in total. The summed E-state index contributed by atoms with van der Waals surface area (Å²) in [5, 5.41) is 0. The van der Waals surface area contributed by atoms with Crippen LogP contribution in [0.3, 0.4) is 0 Å². The lowest BCUT2D eigenvalue weighted by atomic mass is 9.78. The first-order valence-electron chi connectivity index (χ1n) is 10.5. The fourth-order valence-corrected chi connectivity index (χ4v) is 4.97. The number of hydrogen-bond acceptors (Lipinski definition) is 6. The van der Waals surface area contributed by atoms with Crippen LogP contribution in [0, 0.1) is 5.92 Å². The Balaban J connectivity index is 1.52. The summed E-state index contributed by atoms with van der Waals surface area (Å²) in [4.78, 5) is 39.2. The Morgan fingerprint density at radius 1 is 1.20 bits per heavy atom. The minimum atomic E-state index is -0.497. The Hall–Kier alpha value is -3.16. The number of amides is 1. The van der Waals surface area contributed by atoms with Gasteiger partial charge in [0.1, 0.15) is 6.04 Å². The Labute approximate surface area is 174 Å². The largest absolute Gasteiger partial charge is 0.478 e. The van der Waals surface area contributed by atoms with E-state index in [9.17, 15) is 9.59 Å². The first-order chi connectivity index (χ1) is 14.7. The molecule has 2 aromatic heterocycles. The topological polar surface area (TPSA) is 80.6 Å². The van der Waals surface area contributed by atoms with Crippen molar-refractivity contribution in [1.29, 1.82) is 0 Å². The van der Waals surface area contributed by atoms with E-state index in [2.05, 4.69) is 14.9 Å². The lowest BCUT2D eigenvalue weighted by molar-refractivity contribution is -0.136. The van der Waals surface area contributed by atoms with Crippen molar-refractivity contribution in [2.24, 2.45) is 5.92 Å². The molecule has 3 atom stereocenters. The number of piperidine rings is 1. The van der Waals surface area contributed by atoms with Gasteiger partial charge in [-0.05, 0) is 19.4 Å². The first-order valence-corrected chi connectivity index (χ1v) is 10.5. The van der Waals surface area contributed by atoms with Crippen molar-refractivity contribution in [3.05, 3.63) is 58.7 Å². The molecule has 0 saturated carbocycles. The van der Waals surface area contributed by atoms with Crippen LogP contribution >= 0.6 is 0 Å². The molecule has 30 heavy (non-hydrogen) atoms. The summed E-state index contributed by atoms with van der Waals surface area (Å²) in [7, 11) is 0. The van der Waals surface area contributed by atoms with Gasteiger partial charge in [0, 0.05) is 62.0 Å². The molecule has 1 saturated heterocycles. The van der Waals surface area contributed by atoms with E-state index in [4.69, 9.17) is 4.74 Å². The fraction of sp³-hybridized carbons (Fsp3) is 0.455. The van der Waals surface area contributed by atoms with Crippen LogP contribution in [0.4, 0.5) is 5.95 Å². The van der Waals surface area contributed by atoms with E-state index >= 15 is 0 Å². The molecule has 156 valence electrons. The van der Waals surface area contributed by atoms with E-state index in [0.717, 1.165) is 12.1 Å². The number of aromatic nitrogens is 3. The lowest BCUT2D eigenvalue weighted by Gasteiger charge is -2.46. The molecule has 0 unspecified atom stereocenters. The van der Waals surface area contributed by atoms with Gasteiger partial charge in [0.05, 0.1) is 6.61 Å². The quantitative estimate of drug-likeness (QED) is 0.717. The Kier molecular flexibility index (Phi) is 4.77. The molecule has 8 heteroatoms. The van der Waals surface area contributed by atoms with E-state index in [1.54, 1.807) is 29.0 Å². The molecule has 1 fully saturated rings. The molecular formula is C22H25N5O3. The standard InChI is InChI=1S/C22H25N5O3/c1-2-30-18-8-9-23-22(24-18)26-13-15-12-16(14-26)20(21(29)25-10-3-4-11-25)27-17(15)6-5-7-19(27)28/h3-9,15-16,20H,2,10-14H2,1H3/t15-,16+,20+/m0/s1. The van der Waals surface area contributed by atoms with Crippen molar-refractivity contribution in [2.75, 3.05) is 37.7 Å². The number of carbonyl (C=O) groups excluding carboxylic acids is 1. The van der Waals surface area contributed by atoms with Crippen molar-refractivity contribution in [2.45, 2.75) is 25.3 Å². The van der Waals surface area contributed by atoms with Crippen LogP contribution in [-0.2, 0) is 4.79 Å². The lowest BCUT2D eigenvalue weighted by Crippen LogP contribution is -2.54. The molecule has 0 aromatic carbocycles. The summed E-state index contributed by atoms with van der Waals surface area (Å²) < 4.78 is 7.28. The van der Waals surface area contributed by atoms with Gasteiger partial charge in [-0.25, -0.2) is 4.98 Å². The molecule has 2 aromatic rings. The van der Waals surface area contributed by atoms with Crippen LogP contribution in [0.25, 0.3) is 0 Å². The number of hydrogen-bond donors (Lipinski definition) is 0. The zero-order chi connectivity index (χ0) is 20.7. The average molecular weight is 407 g/mol. The Morgan fingerprint density at radius 2 is 2.03 bits per heavy atom. The summed E-state index contributed by atoms with van der Waals surface area (Å²) in [6.45, 7) is 5.01. The highest BCUT2D eigenvalue weighted by Crippen LogP contribution is 2.42. The van der Waals surface area contributed by atoms with Gasteiger partial charge in [0.2, 0.25) is 17.7 Å². The predicted octanol–water partition coefficient (Wildman–Crippen LogP) is 1.60. The molecular weight excluding hydrogens is 382 g/mol. The molecule has 8 nitrogen and oxygen atoms in total. The fourth-order valence-electron chi connectivity index (χ4n) is 4.97. The minimum Gasteiger partial charge on any atom is -0.478 e. The van der Waals surface area contributed by atoms with Crippen molar-refractivity contribution in [3.8, 4) is 5.88 Å². The number of rotatable bonds is 4. The van der Waals surface area contributed by atoms with Crippen LogP contribution in [-0.4, -0.2) is 58.1 Å². The normalized spacial score (nSPS) is 24.6. The van der Waals surface area contributed by atoms with E-state index in [1.165, 1.54) is 0 Å². The molecule has 0 radical (unpaired) electrons. The summed E-state index contributed by atoms with van der Waals surface area (Å²) >= 11 is 0. The molecule has 3 aliphatic rings. The molecule has 5 rings (SSSR count). The van der Waals surface area contributed by atoms with E-state index < -0.39 is 6.04 Å². The molecule has 5 heterocycles. The molecule has 0 spiro atoms. The smallest absolute Gasteiger partial charge is 0.251 e. The summed E-state index contributed by atoms with van der Waals surface area (Å²) in [5.41, 5.74) is 0.825. The van der Waals surface area contributed by atoms with Gasteiger partial charge in [0.25, 0.3) is 5.56 Å². The molecule has 1 amide bonds. The first kappa shape index (κ1) is 18.8. The molecule has 3 aliphatic heterocycles. The molecule has 0 aliphatic carbocycles. The van der Waals surface area contributed by atoms with E-state index in [1.807, 2.05) is 30.0 Å². The van der Waals surface area contributed by atoms with Crippen LogP contribution < -0.4 is 15.2 Å². The highest BCUT2D eigenvalue weighted by atomic mass is 16.5. The van der Waals surface area contributed by atoms with Crippen molar-refractivity contribution in [3.63, 3.8) is 0 Å². The number of pyridine rings is 1.